The van der Waals surface area contributed by atoms with E-state index in [1.165, 1.54) is 0 Å². The van der Waals surface area contributed by atoms with Gasteiger partial charge in [0.1, 0.15) is 13.7 Å². The number of rotatable bonds is 3. The summed E-state index contributed by atoms with van der Waals surface area (Å²) in [5.41, 5.74) is 4.53. The van der Waals surface area contributed by atoms with Crippen molar-refractivity contribution >= 4 is 8.07 Å². The van der Waals surface area contributed by atoms with Crippen LogP contribution >= 0.6 is 0 Å². The van der Waals surface area contributed by atoms with Crippen LogP contribution in [-0.4, -0.2) is 18.8 Å². The highest BCUT2D eigenvalue weighted by Crippen LogP contribution is 2.40. The Morgan fingerprint density at radius 1 is 0.875 bits per heavy atom. The van der Waals surface area contributed by atoms with Gasteiger partial charge in [0, 0.05) is 0 Å². The molecule has 0 bridgehead atoms. The quantitative estimate of drug-likeness (QED) is 0.584. The molecule has 0 aliphatic carbocycles. The van der Waals surface area contributed by atoms with Crippen LogP contribution in [-0.2, 0) is 0 Å². The molecule has 1 nitrogen and oxygen atoms in total. The van der Waals surface area contributed by atoms with E-state index in [0.29, 0.717) is 16.6 Å². The second kappa shape index (κ2) is 5.38. The van der Waals surface area contributed by atoms with Crippen LogP contribution in [0.25, 0.3) is 0 Å². The average molecular weight is 240 g/mol. The smallest absolute Gasteiger partial charge is 0.146 e. The van der Waals surface area contributed by atoms with Crippen LogP contribution in [0.3, 0.4) is 0 Å². The van der Waals surface area contributed by atoms with E-state index in [2.05, 4.69) is 53.0 Å². The van der Waals surface area contributed by atoms with E-state index in [4.69, 9.17) is 0 Å². The van der Waals surface area contributed by atoms with Crippen molar-refractivity contribution in [3.63, 3.8) is 0 Å². The van der Waals surface area contributed by atoms with Gasteiger partial charge in [-0.2, -0.15) is 0 Å². The minimum Gasteiger partial charge on any atom is -0.378 e. The molecule has 2 heteroatoms. The van der Waals surface area contributed by atoms with Gasteiger partial charge in [-0.1, -0.05) is 47.5 Å². The first-order valence-electron chi connectivity index (χ1n) is 6.30. The predicted molar refractivity (Wildman–Crippen MR) is 75.1 cm³/mol. The van der Waals surface area contributed by atoms with Crippen molar-refractivity contribution in [1.82, 2.24) is 0 Å². The molecule has 0 spiro atoms. The molecular formula is C14H28OSi. The summed E-state index contributed by atoms with van der Waals surface area (Å²) in [6.07, 6.45) is 0. The van der Waals surface area contributed by atoms with Crippen molar-refractivity contribution < 1.29 is 5.11 Å². The summed E-state index contributed by atoms with van der Waals surface area (Å²) in [7, 11) is -1.66. The fourth-order valence-corrected chi connectivity index (χ4v) is 8.08. The van der Waals surface area contributed by atoms with Gasteiger partial charge in [0.25, 0.3) is 0 Å². The highest BCUT2D eigenvalue weighted by molar-refractivity contribution is 6.90. The number of hydrogen-bond donors (Lipinski definition) is 1. The molecule has 0 aromatic rings. The van der Waals surface area contributed by atoms with Crippen molar-refractivity contribution in [2.24, 2.45) is 0 Å². The standard InChI is InChI=1S/C14H28OSi/c1-11(2)16(12(3)4,13(5)6)10-9-14(7,8)15/h11-13,15H,1-8H3. The van der Waals surface area contributed by atoms with Crippen LogP contribution in [0.5, 0.6) is 0 Å². The lowest BCUT2D eigenvalue weighted by Crippen LogP contribution is -2.43. The summed E-state index contributed by atoms with van der Waals surface area (Å²) in [6.45, 7) is 17.2. The van der Waals surface area contributed by atoms with Gasteiger partial charge in [-0.05, 0) is 30.5 Å². The Balaban J connectivity index is 5.45. The van der Waals surface area contributed by atoms with Gasteiger partial charge in [0.15, 0.2) is 0 Å². The van der Waals surface area contributed by atoms with E-state index in [0.717, 1.165) is 0 Å². The highest BCUT2D eigenvalue weighted by Gasteiger charge is 2.41. The number of hydrogen-bond acceptors (Lipinski definition) is 1. The highest BCUT2D eigenvalue weighted by atomic mass is 28.3. The third-order valence-corrected chi connectivity index (χ3v) is 9.74. The van der Waals surface area contributed by atoms with Crippen molar-refractivity contribution in [2.75, 3.05) is 0 Å². The lowest BCUT2D eigenvalue weighted by atomic mass is 10.2. The summed E-state index contributed by atoms with van der Waals surface area (Å²) in [5.74, 6) is 3.07. The number of aliphatic hydroxyl groups is 1. The van der Waals surface area contributed by atoms with E-state index in [9.17, 15) is 5.11 Å². The lowest BCUT2D eigenvalue weighted by molar-refractivity contribution is 0.143. The molecule has 0 aromatic heterocycles. The van der Waals surface area contributed by atoms with E-state index in [-0.39, 0.29) is 0 Å². The molecule has 0 rings (SSSR count). The zero-order valence-electron chi connectivity index (χ0n) is 12.2. The maximum absolute atomic E-state index is 9.77. The summed E-state index contributed by atoms with van der Waals surface area (Å²) in [6, 6.07) is 0. The van der Waals surface area contributed by atoms with Crippen LogP contribution in [0, 0.1) is 11.5 Å². The molecule has 0 heterocycles. The Morgan fingerprint density at radius 2 is 1.19 bits per heavy atom. The Kier molecular flexibility index (Phi) is 5.29. The molecular weight excluding hydrogens is 212 g/mol. The first-order chi connectivity index (χ1) is 7.04. The van der Waals surface area contributed by atoms with Crippen molar-refractivity contribution in [2.45, 2.75) is 77.6 Å². The molecule has 0 fully saturated rings. The summed E-state index contributed by atoms with van der Waals surface area (Å²) >= 11 is 0. The fraction of sp³-hybridized carbons (Fsp3) is 0.857. The largest absolute Gasteiger partial charge is 0.378 e. The van der Waals surface area contributed by atoms with Gasteiger partial charge in [0.2, 0.25) is 0 Å². The van der Waals surface area contributed by atoms with Gasteiger partial charge in [-0.3, -0.25) is 0 Å². The summed E-state index contributed by atoms with van der Waals surface area (Å²) in [5, 5.41) is 9.77. The molecule has 0 atom stereocenters. The Labute approximate surface area is 103 Å². The molecule has 0 unspecified atom stereocenters. The third-order valence-electron chi connectivity index (χ3n) is 3.45. The Hall–Kier alpha value is -0.263. The van der Waals surface area contributed by atoms with Gasteiger partial charge in [0.05, 0.1) is 0 Å². The fourth-order valence-electron chi connectivity index (χ4n) is 2.69. The van der Waals surface area contributed by atoms with Gasteiger partial charge in [-0.15, -0.1) is 5.54 Å². The molecule has 94 valence electrons. The summed E-state index contributed by atoms with van der Waals surface area (Å²) in [4.78, 5) is 0. The topological polar surface area (TPSA) is 20.2 Å². The first-order valence-corrected chi connectivity index (χ1v) is 8.54. The molecule has 0 aromatic carbocycles. The molecule has 0 saturated heterocycles. The van der Waals surface area contributed by atoms with Crippen LogP contribution in [0.2, 0.25) is 16.6 Å². The molecule has 0 aliphatic heterocycles. The van der Waals surface area contributed by atoms with Crippen molar-refractivity contribution in [3.8, 4) is 11.5 Å². The molecule has 0 radical (unpaired) electrons. The zero-order valence-corrected chi connectivity index (χ0v) is 13.2. The van der Waals surface area contributed by atoms with Crippen LogP contribution in [0.4, 0.5) is 0 Å². The molecule has 16 heavy (non-hydrogen) atoms. The third kappa shape index (κ3) is 3.64. The van der Waals surface area contributed by atoms with Crippen LogP contribution in [0.15, 0.2) is 0 Å². The Morgan fingerprint density at radius 3 is 1.38 bits per heavy atom. The van der Waals surface area contributed by atoms with Crippen LogP contribution in [0.1, 0.15) is 55.4 Å². The SMILES string of the molecule is CC(C)[Si](C#CC(C)(C)O)(C(C)C)C(C)C. The van der Waals surface area contributed by atoms with Crippen LogP contribution < -0.4 is 0 Å². The second-order valence-electron chi connectivity index (χ2n) is 6.21. The second-order valence-corrected chi connectivity index (χ2v) is 11.8. The molecule has 0 aliphatic rings. The Bertz CT molecular complexity index is 252. The predicted octanol–water partition coefficient (Wildman–Crippen LogP) is 3.98. The lowest BCUT2D eigenvalue weighted by Gasteiger charge is -2.38. The maximum atomic E-state index is 9.77. The maximum Gasteiger partial charge on any atom is 0.146 e. The minimum atomic E-state index is -1.66. The van der Waals surface area contributed by atoms with E-state index in [1.54, 1.807) is 13.8 Å². The van der Waals surface area contributed by atoms with E-state index < -0.39 is 13.7 Å². The average Bonchev–Trinajstić information content (AvgIpc) is 2.00. The monoisotopic (exact) mass is 240 g/mol. The zero-order chi connectivity index (χ0) is 13.1. The van der Waals surface area contributed by atoms with E-state index >= 15 is 0 Å². The van der Waals surface area contributed by atoms with E-state index in [1.807, 2.05) is 0 Å². The normalized spacial score (nSPS) is 13.2. The minimum absolute atomic E-state index is 0.627. The van der Waals surface area contributed by atoms with Crippen molar-refractivity contribution in [3.05, 3.63) is 0 Å². The first kappa shape index (κ1) is 15.7. The van der Waals surface area contributed by atoms with Crippen molar-refractivity contribution in [1.29, 1.82) is 0 Å². The molecule has 0 saturated carbocycles. The molecule has 0 amide bonds. The molecule has 1 N–H and O–H groups in total. The van der Waals surface area contributed by atoms with Gasteiger partial charge >= 0.3 is 0 Å². The summed E-state index contributed by atoms with van der Waals surface area (Å²) < 4.78 is 0. The van der Waals surface area contributed by atoms with Gasteiger partial charge in [-0.25, -0.2) is 0 Å². The van der Waals surface area contributed by atoms with Gasteiger partial charge < -0.3 is 5.11 Å².